The molecule has 5 nitrogen and oxygen atoms in total. The van der Waals surface area contributed by atoms with Crippen LogP contribution in [-0.4, -0.2) is 15.0 Å². The van der Waals surface area contributed by atoms with E-state index in [4.69, 9.17) is 23.8 Å². The van der Waals surface area contributed by atoms with Crippen molar-refractivity contribution in [2.75, 3.05) is 0 Å². The number of rotatable bonds is 4. The van der Waals surface area contributed by atoms with Gasteiger partial charge in [0, 0.05) is 64.0 Å². The summed E-state index contributed by atoms with van der Waals surface area (Å²) in [7, 11) is 0. The largest absolute Gasteiger partial charge is 0.456 e. The van der Waals surface area contributed by atoms with Crippen LogP contribution in [0.3, 0.4) is 0 Å². The predicted octanol–water partition coefficient (Wildman–Crippen LogP) is 15.0. The molecule has 0 amide bonds. The number of para-hydroxylation sites is 3. The summed E-state index contributed by atoms with van der Waals surface area (Å²) in [6.07, 6.45) is 0. The summed E-state index contributed by atoms with van der Waals surface area (Å²) in [5.74, 6) is 1.79. The highest BCUT2D eigenvalue weighted by Crippen LogP contribution is 2.45. The molecule has 0 N–H and O–H groups in total. The molecule has 13 rings (SSSR count). The van der Waals surface area contributed by atoms with Crippen molar-refractivity contribution in [1.82, 2.24) is 15.0 Å². The molecule has 0 aliphatic heterocycles. The molecule has 6 heteroatoms. The molecule has 4 heterocycles. The topological polar surface area (TPSA) is 65.0 Å². The second kappa shape index (κ2) is 12.4. The molecule has 0 radical (unpaired) electrons. The Bertz CT molecular complexity index is 3870. The molecule has 4 aromatic heterocycles. The van der Waals surface area contributed by atoms with Gasteiger partial charge in [0.2, 0.25) is 0 Å². The molecule has 0 aliphatic rings. The number of furan rings is 2. The number of benzene rings is 9. The summed E-state index contributed by atoms with van der Waals surface area (Å²) in [5, 5.41) is 11.1. The molecule has 0 unspecified atom stereocenters. The zero-order chi connectivity index (χ0) is 38.6. The van der Waals surface area contributed by atoms with E-state index in [0.717, 1.165) is 92.6 Å². The Kier molecular flexibility index (Phi) is 6.82. The Morgan fingerprint density at radius 2 is 0.949 bits per heavy atom. The van der Waals surface area contributed by atoms with Crippen molar-refractivity contribution in [3.05, 3.63) is 176 Å². The van der Waals surface area contributed by atoms with E-state index < -0.39 is 0 Å². The van der Waals surface area contributed by atoms with Gasteiger partial charge in [-0.3, -0.25) is 0 Å². The van der Waals surface area contributed by atoms with Gasteiger partial charge < -0.3 is 8.83 Å². The smallest absolute Gasteiger partial charge is 0.165 e. The van der Waals surface area contributed by atoms with Gasteiger partial charge >= 0.3 is 0 Å². The molecule has 9 aromatic carbocycles. The fourth-order valence-electron chi connectivity index (χ4n) is 9.06. The van der Waals surface area contributed by atoms with Gasteiger partial charge in [0.05, 0.1) is 0 Å². The number of fused-ring (bicyclic) bond motifs is 12. The third-order valence-corrected chi connectivity index (χ3v) is 12.9. The lowest BCUT2D eigenvalue weighted by Crippen LogP contribution is -2.01. The van der Waals surface area contributed by atoms with Crippen LogP contribution in [0.4, 0.5) is 0 Å². The average Bonchev–Trinajstić information content (AvgIpc) is 4.00. The fraction of sp³-hybridized carbons (Fsp3) is 0. The van der Waals surface area contributed by atoms with Gasteiger partial charge in [-0.05, 0) is 69.6 Å². The van der Waals surface area contributed by atoms with Crippen molar-refractivity contribution in [1.29, 1.82) is 0 Å². The maximum Gasteiger partial charge on any atom is 0.165 e. The molecule has 13 aromatic rings. The van der Waals surface area contributed by atoms with Crippen LogP contribution >= 0.6 is 11.3 Å². The lowest BCUT2D eigenvalue weighted by molar-refractivity contribution is 0.668. The van der Waals surface area contributed by atoms with E-state index in [-0.39, 0.29) is 0 Å². The van der Waals surface area contributed by atoms with Crippen molar-refractivity contribution in [3.8, 4) is 45.3 Å². The van der Waals surface area contributed by atoms with Crippen LogP contribution in [0.1, 0.15) is 0 Å². The molecule has 0 saturated carbocycles. The summed E-state index contributed by atoms with van der Waals surface area (Å²) in [5.41, 5.74) is 7.91. The van der Waals surface area contributed by atoms with Crippen LogP contribution in [0.15, 0.2) is 185 Å². The Hall–Kier alpha value is -7.67. The molecule has 0 aliphatic carbocycles. The van der Waals surface area contributed by atoms with Crippen molar-refractivity contribution in [3.63, 3.8) is 0 Å². The lowest BCUT2D eigenvalue weighted by atomic mass is 9.96. The van der Waals surface area contributed by atoms with Gasteiger partial charge in [0.15, 0.2) is 17.5 Å². The molecule has 274 valence electrons. The Morgan fingerprint density at radius 1 is 0.356 bits per heavy atom. The SMILES string of the molecule is c1ccc2c(c1)cc(-c1nc(-c3cccc4c3sc3ccccc34)nc(-c3cc(-c4cccc5c4oc4ccccc45)cc4oc5ccccc5c34)n1)c1ccccc12. The zero-order valence-electron chi connectivity index (χ0n) is 31.3. The summed E-state index contributed by atoms with van der Waals surface area (Å²) in [6.45, 7) is 0. The van der Waals surface area contributed by atoms with Gasteiger partial charge in [-0.2, -0.15) is 0 Å². The minimum Gasteiger partial charge on any atom is -0.456 e. The molecular formula is C53H29N3O2S. The quantitative estimate of drug-likeness (QED) is 0.167. The number of nitrogens with zero attached hydrogens (tertiary/aromatic N) is 3. The fourth-order valence-corrected chi connectivity index (χ4v) is 10.3. The van der Waals surface area contributed by atoms with E-state index in [1.165, 1.54) is 20.9 Å². The van der Waals surface area contributed by atoms with Crippen molar-refractivity contribution < 1.29 is 8.83 Å². The van der Waals surface area contributed by atoms with Crippen LogP contribution in [0, 0.1) is 0 Å². The summed E-state index contributed by atoms with van der Waals surface area (Å²) >= 11 is 1.77. The van der Waals surface area contributed by atoms with E-state index in [0.29, 0.717) is 17.5 Å². The number of aromatic nitrogens is 3. The zero-order valence-corrected chi connectivity index (χ0v) is 32.1. The molecule has 59 heavy (non-hydrogen) atoms. The molecular weight excluding hydrogens is 743 g/mol. The van der Waals surface area contributed by atoms with Crippen molar-refractivity contribution in [2.24, 2.45) is 0 Å². The van der Waals surface area contributed by atoms with Crippen LogP contribution in [0.2, 0.25) is 0 Å². The van der Waals surface area contributed by atoms with Gasteiger partial charge in [-0.15, -0.1) is 11.3 Å². The minimum atomic E-state index is 0.565. The maximum atomic E-state index is 6.67. The molecule has 0 fully saturated rings. The molecule has 0 bridgehead atoms. The average molecular weight is 772 g/mol. The Morgan fingerprint density at radius 3 is 1.78 bits per heavy atom. The third kappa shape index (κ3) is 4.87. The summed E-state index contributed by atoms with van der Waals surface area (Å²) in [4.78, 5) is 16.3. The van der Waals surface area contributed by atoms with E-state index in [9.17, 15) is 0 Å². The second-order valence-corrected chi connectivity index (χ2v) is 16.1. The van der Waals surface area contributed by atoms with Gasteiger partial charge in [0.1, 0.15) is 22.3 Å². The first-order valence-corrected chi connectivity index (χ1v) is 20.5. The highest BCUT2D eigenvalue weighted by Gasteiger charge is 2.23. The van der Waals surface area contributed by atoms with E-state index in [1.807, 2.05) is 24.3 Å². The first kappa shape index (κ1) is 32.4. The predicted molar refractivity (Wildman–Crippen MR) is 244 cm³/mol. The third-order valence-electron chi connectivity index (χ3n) is 11.7. The molecule has 0 spiro atoms. The van der Waals surface area contributed by atoms with Gasteiger partial charge in [-0.25, -0.2) is 15.0 Å². The molecule has 0 atom stereocenters. The van der Waals surface area contributed by atoms with E-state index >= 15 is 0 Å². The number of hydrogen-bond donors (Lipinski definition) is 0. The summed E-state index contributed by atoms with van der Waals surface area (Å²) in [6, 6.07) is 61.4. The van der Waals surface area contributed by atoms with Crippen LogP contribution < -0.4 is 0 Å². The first-order chi connectivity index (χ1) is 29.2. The highest BCUT2D eigenvalue weighted by atomic mass is 32.1. The minimum absolute atomic E-state index is 0.565. The number of hydrogen-bond acceptors (Lipinski definition) is 6. The molecule has 0 saturated heterocycles. The van der Waals surface area contributed by atoms with E-state index in [2.05, 4.69) is 152 Å². The van der Waals surface area contributed by atoms with E-state index in [1.54, 1.807) is 11.3 Å². The van der Waals surface area contributed by atoms with Crippen LogP contribution in [0.25, 0.3) is 131 Å². The Balaban J connectivity index is 1.15. The summed E-state index contributed by atoms with van der Waals surface area (Å²) < 4.78 is 15.6. The van der Waals surface area contributed by atoms with Gasteiger partial charge in [0.25, 0.3) is 0 Å². The van der Waals surface area contributed by atoms with Crippen LogP contribution in [-0.2, 0) is 0 Å². The van der Waals surface area contributed by atoms with Crippen molar-refractivity contribution in [2.45, 2.75) is 0 Å². The number of thiophene rings is 1. The normalized spacial score (nSPS) is 12.1. The maximum absolute atomic E-state index is 6.67. The van der Waals surface area contributed by atoms with Crippen LogP contribution in [0.5, 0.6) is 0 Å². The Labute approximate surface area is 340 Å². The second-order valence-electron chi connectivity index (χ2n) is 15.1. The standard InChI is InChI=1S/C53H29N3O2S/c1-2-14-32-30(13-1)27-42(35-16-4-3-15-34(32)35)52-54-51(41-23-12-22-39-37-18-7-10-26-47(37)59-50(39)41)55-53(56-52)43-28-31(29-46-48(43)40-19-6-9-25-45(40)57-46)33-20-11-21-38-36-17-5-8-24-44(36)58-49(33)38/h1-29H. The monoisotopic (exact) mass is 771 g/mol. The lowest BCUT2D eigenvalue weighted by Gasteiger charge is -2.14. The van der Waals surface area contributed by atoms with Crippen molar-refractivity contribution >= 4 is 96.9 Å². The van der Waals surface area contributed by atoms with Gasteiger partial charge in [-0.1, -0.05) is 133 Å². The first-order valence-electron chi connectivity index (χ1n) is 19.7. The highest BCUT2D eigenvalue weighted by molar-refractivity contribution is 7.26.